The van der Waals surface area contributed by atoms with Crippen LogP contribution >= 0.6 is 0 Å². The molecular weight excluding hydrogens is 394 g/mol. The maximum absolute atomic E-state index is 12.9. The van der Waals surface area contributed by atoms with Gasteiger partial charge in [0.05, 0.1) is 30.7 Å². The molecule has 156 valence electrons. The number of pyridine rings is 1. The molecule has 2 aromatic carbocycles. The minimum atomic E-state index is -0.873. The molecule has 0 fully saturated rings. The zero-order chi connectivity index (χ0) is 22.2. The van der Waals surface area contributed by atoms with E-state index in [1.54, 1.807) is 54.9 Å². The van der Waals surface area contributed by atoms with Crippen LogP contribution in [0.15, 0.2) is 73.1 Å². The number of hydrogen-bond donors (Lipinski definition) is 2. The third-order valence-electron chi connectivity index (χ3n) is 4.92. The minimum Gasteiger partial charge on any atom is -0.508 e. The number of hydrogen-bond acceptors (Lipinski definition) is 6. The van der Waals surface area contributed by atoms with Crippen molar-refractivity contribution in [1.29, 1.82) is 5.26 Å². The second-order valence-electron chi connectivity index (χ2n) is 6.89. The molecule has 0 spiro atoms. The van der Waals surface area contributed by atoms with Gasteiger partial charge in [0, 0.05) is 18.0 Å². The standard InChI is InChI=1S/C24H21N3O4/c1-31-24(30)20(13-19-12-16(14-25)9-10-21(19)28)22(18-8-5-11-26-15-18)27-23(29)17-6-3-2-4-7-17/h2-12,15,20,22,28H,13H2,1H3,(H,27,29). The van der Waals surface area contributed by atoms with E-state index in [2.05, 4.69) is 10.3 Å². The van der Waals surface area contributed by atoms with E-state index >= 15 is 0 Å². The summed E-state index contributed by atoms with van der Waals surface area (Å²) in [6.07, 6.45) is 3.20. The lowest BCUT2D eigenvalue weighted by Gasteiger charge is -2.27. The van der Waals surface area contributed by atoms with Crippen molar-refractivity contribution >= 4 is 11.9 Å². The van der Waals surface area contributed by atoms with Gasteiger partial charge in [0.2, 0.25) is 0 Å². The Morgan fingerprint density at radius 3 is 2.58 bits per heavy atom. The lowest BCUT2D eigenvalue weighted by Crippen LogP contribution is -2.38. The van der Waals surface area contributed by atoms with Crippen molar-refractivity contribution in [1.82, 2.24) is 10.3 Å². The number of carbonyl (C=O) groups excluding carboxylic acids is 2. The number of ether oxygens (including phenoxy) is 1. The number of nitrogens with one attached hydrogen (secondary N) is 1. The van der Waals surface area contributed by atoms with Crippen molar-refractivity contribution in [3.63, 3.8) is 0 Å². The van der Waals surface area contributed by atoms with E-state index in [-0.39, 0.29) is 18.1 Å². The van der Waals surface area contributed by atoms with Crippen LogP contribution in [0.1, 0.15) is 33.1 Å². The van der Waals surface area contributed by atoms with Gasteiger partial charge < -0.3 is 15.2 Å². The molecule has 1 aromatic heterocycles. The highest BCUT2D eigenvalue weighted by atomic mass is 16.5. The molecule has 0 aliphatic heterocycles. The summed E-state index contributed by atoms with van der Waals surface area (Å²) in [4.78, 5) is 29.8. The van der Waals surface area contributed by atoms with Crippen LogP contribution in [0.2, 0.25) is 0 Å². The predicted octanol–water partition coefficient (Wildman–Crippen LogP) is 3.16. The summed E-state index contributed by atoms with van der Waals surface area (Å²) in [6.45, 7) is 0. The van der Waals surface area contributed by atoms with Gasteiger partial charge in [-0.05, 0) is 53.9 Å². The van der Waals surface area contributed by atoms with E-state index in [0.717, 1.165) is 0 Å². The highest BCUT2D eigenvalue weighted by Gasteiger charge is 2.33. The molecule has 2 unspecified atom stereocenters. The lowest BCUT2D eigenvalue weighted by atomic mass is 9.87. The lowest BCUT2D eigenvalue weighted by molar-refractivity contribution is -0.146. The third-order valence-corrected chi connectivity index (χ3v) is 4.92. The van der Waals surface area contributed by atoms with Crippen molar-refractivity contribution in [2.45, 2.75) is 12.5 Å². The molecule has 7 heteroatoms. The largest absolute Gasteiger partial charge is 0.508 e. The summed E-state index contributed by atoms with van der Waals surface area (Å²) in [5.74, 6) is -1.85. The number of phenolic OH excluding ortho intramolecular Hbond substituents is 1. The Labute approximate surface area is 179 Å². The summed E-state index contributed by atoms with van der Waals surface area (Å²) in [5.41, 5.74) is 1.80. The number of methoxy groups -OCH3 is 1. The molecule has 3 aromatic rings. The smallest absolute Gasteiger partial charge is 0.311 e. The van der Waals surface area contributed by atoms with Gasteiger partial charge in [-0.2, -0.15) is 5.26 Å². The van der Waals surface area contributed by atoms with E-state index in [1.807, 2.05) is 6.07 Å². The fraction of sp³-hybridized carbons (Fsp3) is 0.167. The van der Waals surface area contributed by atoms with Gasteiger partial charge in [-0.25, -0.2) is 0 Å². The Kier molecular flexibility index (Phi) is 6.97. The van der Waals surface area contributed by atoms with E-state index in [9.17, 15) is 20.0 Å². The van der Waals surface area contributed by atoms with Crippen molar-refractivity contribution in [3.05, 3.63) is 95.3 Å². The molecule has 0 aliphatic rings. The van der Waals surface area contributed by atoms with Crippen molar-refractivity contribution < 1.29 is 19.4 Å². The van der Waals surface area contributed by atoms with Crippen LogP contribution < -0.4 is 5.32 Å². The molecule has 0 bridgehead atoms. The van der Waals surface area contributed by atoms with Gasteiger partial charge in [0.25, 0.3) is 5.91 Å². The Morgan fingerprint density at radius 2 is 1.94 bits per heavy atom. The van der Waals surface area contributed by atoms with E-state index in [4.69, 9.17) is 4.74 Å². The van der Waals surface area contributed by atoms with Gasteiger partial charge in [0.15, 0.2) is 0 Å². The molecule has 31 heavy (non-hydrogen) atoms. The van der Waals surface area contributed by atoms with Gasteiger partial charge >= 0.3 is 5.97 Å². The average molecular weight is 415 g/mol. The number of nitriles is 1. The summed E-state index contributed by atoms with van der Waals surface area (Å²) >= 11 is 0. The van der Waals surface area contributed by atoms with Crippen LogP contribution in [-0.2, 0) is 16.0 Å². The second kappa shape index (κ2) is 10.0. The number of carbonyl (C=O) groups is 2. The summed E-state index contributed by atoms with van der Waals surface area (Å²) in [5, 5.41) is 22.4. The van der Waals surface area contributed by atoms with E-state index in [0.29, 0.717) is 22.3 Å². The molecule has 1 heterocycles. The number of benzene rings is 2. The Bertz CT molecular complexity index is 1090. The fourth-order valence-corrected chi connectivity index (χ4v) is 3.33. The molecule has 0 radical (unpaired) electrons. The van der Waals surface area contributed by atoms with Crippen LogP contribution in [0.3, 0.4) is 0 Å². The van der Waals surface area contributed by atoms with Crippen LogP contribution in [0, 0.1) is 17.2 Å². The topological polar surface area (TPSA) is 112 Å². The van der Waals surface area contributed by atoms with Gasteiger partial charge in [-0.15, -0.1) is 0 Å². The monoisotopic (exact) mass is 415 g/mol. The molecule has 0 aliphatic carbocycles. The first-order valence-corrected chi connectivity index (χ1v) is 9.59. The summed E-state index contributed by atoms with van der Waals surface area (Å²) in [7, 11) is 1.26. The van der Waals surface area contributed by atoms with Crippen molar-refractivity contribution in [3.8, 4) is 11.8 Å². The quantitative estimate of drug-likeness (QED) is 0.573. The normalized spacial score (nSPS) is 12.3. The Hall–Kier alpha value is -4.18. The Balaban J connectivity index is 2.01. The van der Waals surface area contributed by atoms with Crippen molar-refractivity contribution in [2.24, 2.45) is 5.92 Å². The molecule has 0 saturated carbocycles. The van der Waals surface area contributed by atoms with Gasteiger partial charge in [-0.1, -0.05) is 24.3 Å². The van der Waals surface area contributed by atoms with Gasteiger partial charge in [0.1, 0.15) is 5.75 Å². The molecule has 2 N–H and O–H groups in total. The first-order chi connectivity index (χ1) is 15.0. The zero-order valence-electron chi connectivity index (χ0n) is 16.9. The average Bonchev–Trinajstić information content (AvgIpc) is 2.82. The third kappa shape index (κ3) is 5.25. The summed E-state index contributed by atoms with van der Waals surface area (Å²) in [6, 6.07) is 17.8. The minimum absolute atomic E-state index is 0.0443. The number of esters is 1. The van der Waals surface area contributed by atoms with E-state index < -0.39 is 17.9 Å². The molecule has 0 saturated heterocycles. The number of phenols is 1. The Morgan fingerprint density at radius 1 is 1.16 bits per heavy atom. The molecular formula is C24H21N3O4. The molecule has 2 atom stereocenters. The molecule has 7 nitrogen and oxygen atoms in total. The SMILES string of the molecule is COC(=O)C(Cc1cc(C#N)ccc1O)C(NC(=O)c1ccccc1)c1cccnc1. The number of aromatic nitrogens is 1. The van der Waals surface area contributed by atoms with Crippen LogP contribution in [0.5, 0.6) is 5.75 Å². The number of amides is 1. The highest BCUT2D eigenvalue weighted by Crippen LogP contribution is 2.30. The number of aromatic hydroxyl groups is 1. The highest BCUT2D eigenvalue weighted by molar-refractivity contribution is 5.94. The fourth-order valence-electron chi connectivity index (χ4n) is 3.33. The second-order valence-corrected chi connectivity index (χ2v) is 6.89. The number of nitrogens with zero attached hydrogens (tertiary/aromatic N) is 2. The zero-order valence-corrected chi connectivity index (χ0v) is 16.9. The first kappa shape index (κ1) is 21.5. The van der Waals surface area contributed by atoms with Crippen molar-refractivity contribution in [2.75, 3.05) is 7.11 Å². The van der Waals surface area contributed by atoms with Crippen LogP contribution in [-0.4, -0.2) is 29.1 Å². The first-order valence-electron chi connectivity index (χ1n) is 9.59. The summed E-state index contributed by atoms with van der Waals surface area (Å²) < 4.78 is 5.01. The predicted molar refractivity (Wildman–Crippen MR) is 113 cm³/mol. The maximum Gasteiger partial charge on any atom is 0.311 e. The maximum atomic E-state index is 12.9. The molecule has 3 rings (SSSR count). The number of rotatable bonds is 7. The molecule has 1 amide bonds. The van der Waals surface area contributed by atoms with E-state index in [1.165, 1.54) is 25.3 Å². The van der Waals surface area contributed by atoms with Gasteiger partial charge in [-0.3, -0.25) is 14.6 Å². The van der Waals surface area contributed by atoms with Crippen LogP contribution in [0.4, 0.5) is 0 Å². The van der Waals surface area contributed by atoms with Crippen LogP contribution in [0.25, 0.3) is 0 Å².